The number of para-hydroxylation sites is 2. The van der Waals surface area contributed by atoms with Gasteiger partial charge in [-0.2, -0.15) is 4.80 Å². The molecule has 3 aromatic rings. The van der Waals surface area contributed by atoms with E-state index in [2.05, 4.69) is 37.3 Å². The third-order valence-corrected chi connectivity index (χ3v) is 5.57. The first kappa shape index (κ1) is 21.1. The molecule has 1 aliphatic rings. The van der Waals surface area contributed by atoms with Crippen LogP contribution in [0.15, 0.2) is 54.9 Å². The zero-order valence-electron chi connectivity index (χ0n) is 18.1. The summed E-state index contributed by atoms with van der Waals surface area (Å²) < 4.78 is 11.4. The van der Waals surface area contributed by atoms with Crippen molar-refractivity contribution in [3.05, 3.63) is 60.4 Å². The van der Waals surface area contributed by atoms with Crippen LogP contribution in [0.5, 0.6) is 11.5 Å². The number of benzene rings is 2. The van der Waals surface area contributed by atoms with E-state index < -0.39 is 0 Å². The van der Waals surface area contributed by atoms with Crippen LogP contribution in [0, 0.1) is 0 Å². The molecular weight excluding hydrogens is 392 g/mol. The topological polar surface area (TPSA) is 68.5 Å². The first-order valence-electron chi connectivity index (χ1n) is 10.8. The molecule has 0 aliphatic carbocycles. The van der Waals surface area contributed by atoms with E-state index in [1.165, 1.54) is 12.0 Å². The lowest BCUT2D eigenvalue weighted by molar-refractivity contribution is 0.238. The predicted octanol–water partition coefficient (Wildman–Crippen LogP) is 2.71. The smallest absolute Gasteiger partial charge is 0.162 e. The lowest BCUT2D eigenvalue weighted by Gasteiger charge is -2.36. The Morgan fingerprint density at radius 2 is 1.74 bits per heavy atom. The first-order chi connectivity index (χ1) is 15.3. The van der Waals surface area contributed by atoms with Crippen molar-refractivity contribution in [2.45, 2.75) is 19.4 Å². The van der Waals surface area contributed by atoms with Gasteiger partial charge in [0.1, 0.15) is 11.5 Å². The summed E-state index contributed by atoms with van der Waals surface area (Å²) in [6.45, 7) is 6.71. The standard InChI is InChI=1S/C23H30N6O2/c1-30-23-7-3-2-6-22(23)28-15-13-27(14-16-28)12-4-5-17-31-21-10-8-20(9-11-21)18-29-25-19-24-26-29/h2-3,6-11,19H,4-5,12-18H2,1H3. The molecule has 2 heterocycles. The van der Waals surface area contributed by atoms with Crippen LogP contribution in [0.2, 0.25) is 0 Å². The minimum Gasteiger partial charge on any atom is -0.495 e. The second kappa shape index (κ2) is 10.8. The summed E-state index contributed by atoms with van der Waals surface area (Å²) in [4.78, 5) is 6.52. The van der Waals surface area contributed by atoms with E-state index in [4.69, 9.17) is 9.47 Å². The molecule has 1 aliphatic heterocycles. The van der Waals surface area contributed by atoms with Gasteiger partial charge in [0.2, 0.25) is 0 Å². The fourth-order valence-electron chi connectivity index (χ4n) is 3.85. The first-order valence-corrected chi connectivity index (χ1v) is 10.8. The number of hydrogen-bond donors (Lipinski definition) is 0. The predicted molar refractivity (Wildman–Crippen MR) is 120 cm³/mol. The molecule has 0 amide bonds. The molecule has 0 atom stereocenters. The summed E-state index contributed by atoms with van der Waals surface area (Å²) in [5.74, 6) is 1.86. The van der Waals surface area contributed by atoms with Gasteiger partial charge in [-0.15, -0.1) is 10.2 Å². The molecule has 0 N–H and O–H groups in total. The molecule has 4 rings (SSSR count). The lowest BCUT2D eigenvalue weighted by Crippen LogP contribution is -2.46. The minimum absolute atomic E-state index is 0.616. The van der Waals surface area contributed by atoms with Gasteiger partial charge in [-0.25, -0.2) is 0 Å². The molecule has 0 radical (unpaired) electrons. The number of hydrogen-bond acceptors (Lipinski definition) is 7. The number of rotatable bonds is 10. The molecule has 0 saturated carbocycles. The van der Waals surface area contributed by atoms with Crippen molar-refractivity contribution in [1.82, 2.24) is 25.1 Å². The number of methoxy groups -OCH3 is 1. The molecule has 1 fully saturated rings. The lowest BCUT2D eigenvalue weighted by atomic mass is 10.2. The van der Waals surface area contributed by atoms with E-state index in [0.29, 0.717) is 6.54 Å². The summed E-state index contributed by atoms with van der Waals surface area (Å²) in [5, 5.41) is 11.6. The minimum atomic E-state index is 0.616. The Morgan fingerprint density at radius 3 is 2.48 bits per heavy atom. The highest BCUT2D eigenvalue weighted by molar-refractivity contribution is 5.58. The summed E-state index contributed by atoms with van der Waals surface area (Å²) in [6.07, 6.45) is 3.64. The molecule has 1 saturated heterocycles. The Bertz CT molecular complexity index is 908. The number of ether oxygens (including phenoxy) is 2. The summed E-state index contributed by atoms with van der Waals surface area (Å²) in [5.41, 5.74) is 2.32. The average Bonchev–Trinajstić information content (AvgIpc) is 3.33. The Labute approximate surface area is 183 Å². The molecule has 0 bridgehead atoms. The van der Waals surface area contributed by atoms with Gasteiger partial charge in [0.05, 0.1) is 25.9 Å². The van der Waals surface area contributed by atoms with Crippen LogP contribution >= 0.6 is 0 Å². The van der Waals surface area contributed by atoms with E-state index in [-0.39, 0.29) is 0 Å². The number of piperazine rings is 1. The van der Waals surface area contributed by atoms with Crippen molar-refractivity contribution in [3.8, 4) is 11.5 Å². The van der Waals surface area contributed by atoms with Gasteiger partial charge in [-0.3, -0.25) is 4.90 Å². The van der Waals surface area contributed by atoms with Crippen LogP contribution in [0.3, 0.4) is 0 Å². The Hall–Kier alpha value is -3.13. The van der Waals surface area contributed by atoms with Crippen LogP contribution in [0.25, 0.3) is 0 Å². The zero-order chi connectivity index (χ0) is 21.3. The van der Waals surface area contributed by atoms with E-state index in [0.717, 1.165) is 69.2 Å². The molecule has 8 nitrogen and oxygen atoms in total. The molecule has 164 valence electrons. The van der Waals surface area contributed by atoms with E-state index in [1.54, 1.807) is 11.9 Å². The van der Waals surface area contributed by atoms with Gasteiger partial charge >= 0.3 is 0 Å². The fraction of sp³-hybridized carbons (Fsp3) is 0.435. The maximum absolute atomic E-state index is 5.89. The van der Waals surface area contributed by atoms with Gasteiger partial charge in [-0.1, -0.05) is 24.3 Å². The number of nitrogens with zero attached hydrogens (tertiary/aromatic N) is 6. The Balaban J connectivity index is 1.11. The van der Waals surface area contributed by atoms with Gasteiger partial charge in [0.15, 0.2) is 6.33 Å². The molecule has 2 aromatic carbocycles. The molecule has 0 spiro atoms. The van der Waals surface area contributed by atoms with Crippen LogP contribution in [-0.4, -0.2) is 71.5 Å². The number of tetrazole rings is 1. The van der Waals surface area contributed by atoms with Crippen molar-refractivity contribution in [1.29, 1.82) is 0 Å². The Kier molecular flexibility index (Phi) is 7.33. The average molecular weight is 423 g/mol. The number of anilines is 1. The maximum atomic E-state index is 5.89. The zero-order valence-corrected chi connectivity index (χ0v) is 18.1. The quantitative estimate of drug-likeness (QED) is 0.465. The summed E-state index contributed by atoms with van der Waals surface area (Å²) >= 11 is 0. The van der Waals surface area contributed by atoms with E-state index in [9.17, 15) is 0 Å². The molecule has 0 unspecified atom stereocenters. The summed E-state index contributed by atoms with van der Waals surface area (Å²) in [7, 11) is 1.74. The number of aromatic nitrogens is 4. The third-order valence-electron chi connectivity index (χ3n) is 5.57. The summed E-state index contributed by atoms with van der Waals surface area (Å²) in [6, 6.07) is 16.4. The molecular formula is C23H30N6O2. The van der Waals surface area contributed by atoms with Crippen molar-refractivity contribution in [3.63, 3.8) is 0 Å². The number of unbranched alkanes of at least 4 members (excludes halogenated alkanes) is 1. The Morgan fingerprint density at radius 1 is 0.935 bits per heavy atom. The molecule has 31 heavy (non-hydrogen) atoms. The molecule has 8 heteroatoms. The third kappa shape index (κ3) is 5.95. The fourth-order valence-corrected chi connectivity index (χ4v) is 3.85. The highest BCUT2D eigenvalue weighted by atomic mass is 16.5. The van der Waals surface area contributed by atoms with Crippen LogP contribution in [0.1, 0.15) is 18.4 Å². The van der Waals surface area contributed by atoms with Crippen molar-refractivity contribution < 1.29 is 9.47 Å². The van der Waals surface area contributed by atoms with Gasteiger partial charge in [-0.05, 0) is 54.4 Å². The molecule has 1 aromatic heterocycles. The monoisotopic (exact) mass is 422 g/mol. The van der Waals surface area contributed by atoms with Crippen LogP contribution < -0.4 is 14.4 Å². The highest BCUT2D eigenvalue weighted by Crippen LogP contribution is 2.28. The van der Waals surface area contributed by atoms with Gasteiger partial charge in [0, 0.05) is 26.2 Å². The SMILES string of the molecule is COc1ccccc1N1CCN(CCCCOc2ccc(Cn3ncnn3)cc2)CC1. The van der Waals surface area contributed by atoms with E-state index >= 15 is 0 Å². The second-order valence-corrected chi connectivity index (χ2v) is 7.67. The van der Waals surface area contributed by atoms with Gasteiger partial charge in [0.25, 0.3) is 0 Å². The highest BCUT2D eigenvalue weighted by Gasteiger charge is 2.19. The van der Waals surface area contributed by atoms with Gasteiger partial charge < -0.3 is 14.4 Å². The van der Waals surface area contributed by atoms with E-state index in [1.807, 2.05) is 36.4 Å². The second-order valence-electron chi connectivity index (χ2n) is 7.67. The van der Waals surface area contributed by atoms with Crippen LogP contribution in [0.4, 0.5) is 5.69 Å². The normalized spacial score (nSPS) is 14.5. The van der Waals surface area contributed by atoms with Crippen LogP contribution in [-0.2, 0) is 6.54 Å². The largest absolute Gasteiger partial charge is 0.495 e. The van der Waals surface area contributed by atoms with Crippen molar-refractivity contribution in [2.75, 3.05) is 51.3 Å². The van der Waals surface area contributed by atoms with Crippen molar-refractivity contribution >= 4 is 5.69 Å². The maximum Gasteiger partial charge on any atom is 0.162 e. The van der Waals surface area contributed by atoms with Crippen molar-refractivity contribution in [2.24, 2.45) is 0 Å².